The highest BCUT2D eigenvalue weighted by Crippen LogP contribution is 2.43. The summed E-state index contributed by atoms with van der Waals surface area (Å²) in [4.78, 5) is 9.87. The van der Waals surface area contributed by atoms with E-state index in [1.54, 1.807) is 6.07 Å². The van der Waals surface area contributed by atoms with Gasteiger partial charge < -0.3 is 0 Å². The molecule has 0 radical (unpaired) electrons. The molecule has 7 aromatic carbocycles. The first-order valence-electron chi connectivity index (χ1n) is 19.9. The predicted octanol–water partition coefficient (Wildman–Crippen LogP) is 11.8. The maximum Gasteiger partial charge on any atom is 0.0972 e. The fourth-order valence-corrected chi connectivity index (χ4v) is 6.34. The lowest BCUT2D eigenvalue weighted by atomic mass is 9.86. The van der Waals surface area contributed by atoms with E-state index in [-0.39, 0.29) is 53.1 Å². The van der Waals surface area contributed by atoms with Crippen LogP contribution in [0.4, 0.5) is 0 Å². The summed E-state index contributed by atoms with van der Waals surface area (Å²) in [6.45, 7) is 0. The molecule has 0 atom stereocenters. The Morgan fingerprint density at radius 1 is 0.348 bits per heavy atom. The molecular formula is C44H28N2. The van der Waals surface area contributed by atoms with Gasteiger partial charge in [0.1, 0.15) is 0 Å². The Hall–Kier alpha value is -6.12. The number of benzene rings is 7. The lowest BCUT2D eigenvalue weighted by Crippen LogP contribution is -1.92. The summed E-state index contributed by atoms with van der Waals surface area (Å²) in [5, 5.41) is 4.90. The van der Waals surface area contributed by atoms with Crippen molar-refractivity contribution in [1.82, 2.24) is 9.97 Å². The van der Waals surface area contributed by atoms with Gasteiger partial charge >= 0.3 is 0 Å². The molecule has 0 aliphatic heterocycles. The molecule has 2 heterocycles. The van der Waals surface area contributed by atoms with Crippen molar-refractivity contribution in [2.24, 2.45) is 0 Å². The molecule has 0 fully saturated rings. The van der Waals surface area contributed by atoms with Crippen LogP contribution in [0.3, 0.4) is 0 Å². The van der Waals surface area contributed by atoms with Crippen LogP contribution in [-0.4, -0.2) is 9.97 Å². The van der Waals surface area contributed by atoms with Crippen LogP contribution in [-0.2, 0) is 0 Å². The zero-order chi connectivity index (χ0) is 39.2. The molecule has 46 heavy (non-hydrogen) atoms. The molecular weight excluding hydrogens is 556 g/mol. The monoisotopic (exact) mass is 594 g/mol. The molecule has 0 aliphatic rings. The van der Waals surface area contributed by atoms with Crippen molar-refractivity contribution < 1.29 is 13.7 Å². The number of hydrogen-bond acceptors (Lipinski definition) is 2. The highest BCUT2D eigenvalue weighted by molar-refractivity contribution is 6.21. The van der Waals surface area contributed by atoms with Crippen molar-refractivity contribution in [2.75, 3.05) is 0 Å². The first-order valence-corrected chi connectivity index (χ1v) is 14.9. The molecule has 9 rings (SSSR count). The van der Waals surface area contributed by atoms with Crippen molar-refractivity contribution in [3.8, 4) is 44.8 Å². The molecule has 0 saturated carbocycles. The molecule has 0 aliphatic carbocycles. The van der Waals surface area contributed by atoms with Gasteiger partial charge in [-0.05, 0) is 55.9 Å². The molecule has 9 aromatic rings. The second-order valence-corrected chi connectivity index (χ2v) is 11.0. The van der Waals surface area contributed by atoms with Crippen LogP contribution in [0.5, 0.6) is 0 Å². The summed E-state index contributed by atoms with van der Waals surface area (Å²) in [5.74, 6) is 0. The number of rotatable bonds is 4. The average Bonchev–Trinajstić information content (AvgIpc) is 3.23. The Labute approximate surface area is 281 Å². The van der Waals surface area contributed by atoms with E-state index in [1.807, 2.05) is 103 Å². The van der Waals surface area contributed by atoms with Gasteiger partial charge in [0, 0.05) is 21.9 Å². The van der Waals surface area contributed by atoms with Crippen LogP contribution in [0.1, 0.15) is 13.7 Å². The van der Waals surface area contributed by atoms with Crippen molar-refractivity contribution >= 4 is 43.4 Å². The number of nitrogens with zero attached hydrogens (tertiary/aromatic N) is 2. The molecule has 0 N–H and O–H groups in total. The van der Waals surface area contributed by atoms with Gasteiger partial charge in [-0.15, -0.1) is 0 Å². The summed E-state index contributed by atoms with van der Waals surface area (Å²) in [7, 11) is 0. The third-order valence-electron chi connectivity index (χ3n) is 8.43. The first-order chi connectivity index (χ1) is 27.0. The highest BCUT2D eigenvalue weighted by atomic mass is 14.8. The minimum atomic E-state index is -0.459. The van der Waals surface area contributed by atoms with E-state index in [4.69, 9.17) is 23.7 Å². The Morgan fingerprint density at radius 3 is 1.24 bits per heavy atom. The van der Waals surface area contributed by atoms with Gasteiger partial charge in [0.2, 0.25) is 0 Å². The van der Waals surface area contributed by atoms with Gasteiger partial charge in [-0.3, -0.25) is 0 Å². The van der Waals surface area contributed by atoms with Crippen LogP contribution >= 0.6 is 0 Å². The van der Waals surface area contributed by atoms with Crippen molar-refractivity contribution in [2.45, 2.75) is 0 Å². The summed E-state index contributed by atoms with van der Waals surface area (Å²) >= 11 is 0. The molecule has 0 unspecified atom stereocenters. The largest absolute Gasteiger partial charge is 0.245 e. The third-order valence-corrected chi connectivity index (χ3v) is 8.43. The van der Waals surface area contributed by atoms with E-state index in [0.29, 0.717) is 22.3 Å². The van der Waals surface area contributed by atoms with Crippen LogP contribution in [0.15, 0.2) is 170 Å². The maximum atomic E-state index is 8.81. The van der Waals surface area contributed by atoms with Crippen LogP contribution in [0.25, 0.3) is 88.1 Å². The van der Waals surface area contributed by atoms with E-state index in [9.17, 15) is 0 Å². The average molecular weight is 595 g/mol. The van der Waals surface area contributed by atoms with E-state index in [0.717, 1.165) is 49.0 Å². The standard InChI is InChI=1S/C44H28N2/c1-3-11-29(12-4-1)39-27-25-33-23-24-34-26-28-40(46-44(34)43(33)45-39)30-19-21-32(22-20-30)42-37-17-9-7-15-35(37)41(31-13-5-2-6-14-31)36-16-8-10-18-38(36)42/h1-28H/i1D,2D,3D,4D,5D,6D,11D,12D,13D,14D. The summed E-state index contributed by atoms with van der Waals surface area (Å²) in [5.41, 5.74) is 5.60. The van der Waals surface area contributed by atoms with Crippen molar-refractivity contribution in [1.29, 1.82) is 0 Å². The number of hydrogen-bond donors (Lipinski definition) is 0. The lowest BCUT2D eigenvalue weighted by Gasteiger charge is -2.18. The van der Waals surface area contributed by atoms with Crippen LogP contribution in [0.2, 0.25) is 0 Å². The summed E-state index contributed by atoms with van der Waals surface area (Å²) in [6, 6.07) is 31.1. The second-order valence-electron chi connectivity index (χ2n) is 11.0. The molecule has 2 aromatic heterocycles. The second kappa shape index (κ2) is 10.8. The van der Waals surface area contributed by atoms with E-state index in [2.05, 4.69) is 0 Å². The minimum Gasteiger partial charge on any atom is -0.245 e. The highest BCUT2D eigenvalue weighted by Gasteiger charge is 2.16. The number of aromatic nitrogens is 2. The van der Waals surface area contributed by atoms with Crippen LogP contribution in [0, 0.1) is 0 Å². The fraction of sp³-hybridized carbons (Fsp3) is 0. The van der Waals surface area contributed by atoms with E-state index in [1.165, 1.54) is 0 Å². The van der Waals surface area contributed by atoms with Crippen molar-refractivity contribution in [3.63, 3.8) is 0 Å². The van der Waals surface area contributed by atoms with Gasteiger partial charge in [0.15, 0.2) is 0 Å². The molecule has 0 saturated heterocycles. The molecule has 0 amide bonds. The Bertz CT molecular complexity index is 3030. The smallest absolute Gasteiger partial charge is 0.0972 e. The third kappa shape index (κ3) is 4.35. The van der Waals surface area contributed by atoms with E-state index < -0.39 is 24.2 Å². The summed E-state index contributed by atoms with van der Waals surface area (Å²) in [6.07, 6.45) is 0. The number of pyridine rings is 2. The molecule has 0 bridgehead atoms. The molecule has 2 heteroatoms. The fourth-order valence-electron chi connectivity index (χ4n) is 6.34. The molecule has 0 spiro atoms. The van der Waals surface area contributed by atoms with Gasteiger partial charge in [-0.25, -0.2) is 9.97 Å². The van der Waals surface area contributed by atoms with E-state index >= 15 is 0 Å². The molecule has 2 nitrogen and oxygen atoms in total. The number of fused-ring (bicyclic) bond motifs is 5. The maximum absolute atomic E-state index is 8.81. The zero-order valence-corrected chi connectivity index (χ0v) is 24.3. The quantitative estimate of drug-likeness (QED) is 0.150. The Kier molecular flexibility index (Phi) is 4.22. The minimum absolute atomic E-state index is 0.0306. The zero-order valence-electron chi connectivity index (χ0n) is 34.3. The van der Waals surface area contributed by atoms with Gasteiger partial charge in [-0.2, -0.15) is 0 Å². The summed E-state index contributed by atoms with van der Waals surface area (Å²) < 4.78 is 83.8. The topological polar surface area (TPSA) is 25.8 Å². The Morgan fingerprint density at radius 2 is 0.739 bits per heavy atom. The predicted molar refractivity (Wildman–Crippen MR) is 194 cm³/mol. The van der Waals surface area contributed by atoms with Crippen molar-refractivity contribution in [3.05, 3.63) is 170 Å². The first kappa shape index (κ1) is 18.0. The lowest BCUT2D eigenvalue weighted by molar-refractivity contribution is 1.36. The van der Waals surface area contributed by atoms with Gasteiger partial charge in [-0.1, -0.05) is 157 Å². The Balaban J connectivity index is 1.19. The van der Waals surface area contributed by atoms with Crippen LogP contribution < -0.4 is 0 Å². The van der Waals surface area contributed by atoms with Gasteiger partial charge in [0.05, 0.1) is 36.1 Å². The SMILES string of the molecule is [2H]c1c([2H])c([2H])c(-c2ccc3ccc4ccc(-c5ccc(-c6c7ccccc7c(-c7c([2H])c([2H])c([2H])c([2H])c7[2H])c7ccccc67)cc5)nc4c3n2)c([2H])c1[2H]. The van der Waals surface area contributed by atoms with Gasteiger partial charge in [0.25, 0.3) is 0 Å². The molecule has 214 valence electrons. The normalized spacial score (nSPS) is 14.5.